The molecule has 332 valence electrons. The molecule has 10 heteroatoms. The summed E-state index contributed by atoms with van der Waals surface area (Å²) in [6.45, 7) is 31.8. The second-order valence-corrected chi connectivity index (χ2v) is 13.2. The molecule has 55 heavy (non-hydrogen) atoms. The van der Waals surface area contributed by atoms with Crippen molar-refractivity contribution >= 4 is 24.0 Å². The van der Waals surface area contributed by atoms with Gasteiger partial charge in [-0.3, -0.25) is 28.2 Å². The van der Waals surface area contributed by atoms with Crippen molar-refractivity contribution in [3.63, 3.8) is 0 Å². The van der Waals surface area contributed by atoms with E-state index in [2.05, 4.69) is 53.1 Å². The molecule has 0 N–H and O–H groups in total. The van der Waals surface area contributed by atoms with Crippen LogP contribution >= 0.6 is 0 Å². The van der Waals surface area contributed by atoms with Crippen LogP contribution in [0.3, 0.4) is 0 Å². The summed E-state index contributed by atoms with van der Waals surface area (Å²) in [5, 5.41) is 0. The predicted octanol–water partition coefficient (Wildman–Crippen LogP) is 13.3. The van der Waals surface area contributed by atoms with Crippen LogP contribution in [0, 0.1) is 32.6 Å². The van der Waals surface area contributed by atoms with Gasteiger partial charge in [0.1, 0.15) is 11.9 Å². The zero-order chi connectivity index (χ0) is 42.8. The topological polar surface area (TPSA) is 105 Å². The number of Topliss-reactive ketones (excluding diaryl/α,β-unsaturated/α-hetero) is 1. The molecule has 3 unspecified atom stereocenters. The van der Waals surface area contributed by atoms with Crippen LogP contribution in [0.25, 0.3) is 0 Å². The molecule has 0 bridgehead atoms. The first-order valence-corrected chi connectivity index (χ1v) is 21.0. The van der Waals surface area contributed by atoms with Crippen molar-refractivity contribution in [1.82, 2.24) is 0 Å². The van der Waals surface area contributed by atoms with E-state index in [0.717, 1.165) is 37.9 Å². The van der Waals surface area contributed by atoms with Crippen LogP contribution < -0.4 is 0 Å². The van der Waals surface area contributed by atoms with E-state index in [9.17, 15) is 18.9 Å². The quantitative estimate of drug-likeness (QED) is 0.0251. The number of hydrogen-bond donors (Lipinski definition) is 0. The third-order valence-electron chi connectivity index (χ3n) is 8.19. The van der Waals surface area contributed by atoms with Gasteiger partial charge in [-0.1, -0.05) is 158 Å². The smallest absolute Gasteiger partial charge is 0.164 e. The predicted molar refractivity (Wildman–Crippen MR) is 226 cm³/mol. The molecule has 0 aromatic heterocycles. The summed E-state index contributed by atoms with van der Waals surface area (Å²) in [7, 11) is 1.69. The number of halogens is 1. The summed E-state index contributed by atoms with van der Waals surface area (Å²) in [5.74, 6) is 0.339. The van der Waals surface area contributed by atoms with Gasteiger partial charge in [-0.05, 0) is 55.8 Å². The van der Waals surface area contributed by atoms with E-state index in [4.69, 9.17) is 19.0 Å². The van der Waals surface area contributed by atoms with E-state index < -0.39 is 11.9 Å². The fourth-order valence-corrected chi connectivity index (χ4v) is 4.77. The van der Waals surface area contributed by atoms with Crippen molar-refractivity contribution < 1.29 is 63.9 Å². The summed E-state index contributed by atoms with van der Waals surface area (Å²) < 4.78 is 26.4. The van der Waals surface area contributed by atoms with E-state index in [1.165, 1.54) is 89.9 Å². The van der Waals surface area contributed by atoms with E-state index >= 15 is 0 Å². The SMILES string of the molecule is C=C(CCCCCCCC)OC.CC.CCC(OF)C(C)CC(C)C(C)=O.[CH2-]C(=O)OCCCCCCCC.[CH2-]C(=O)OCCCCCCCC.[CH2-]C=O.[W]. The molecule has 8 nitrogen and oxygen atoms in total. The summed E-state index contributed by atoms with van der Waals surface area (Å²) in [5.41, 5.74) is 0. The zero-order valence-corrected chi connectivity index (χ0v) is 40.4. The van der Waals surface area contributed by atoms with Crippen LogP contribution in [0.15, 0.2) is 12.3 Å². The second kappa shape index (κ2) is 61.2. The van der Waals surface area contributed by atoms with E-state index in [-0.39, 0.29) is 44.8 Å². The first kappa shape index (κ1) is 67.7. The number of esters is 2. The van der Waals surface area contributed by atoms with Crippen molar-refractivity contribution in [3.05, 3.63) is 33.1 Å². The average Bonchev–Trinajstić information content (AvgIpc) is 3.14. The van der Waals surface area contributed by atoms with Crippen LogP contribution in [0.5, 0.6) is 0 Å². The molecule has 0 rings (SSSR count). The minimum absolute atomic E-state index is 0. The van der Waals surface area contributed by atoms with Gasteiger partial charge in [-0.15, -0.1) is 0 Å². The van der Waals surface area contributed by atoms with Crippen molar-refractivity contribution in [3.8, 4) is 0 Å². The number of carbonyl (C=O) groups is 4. The molecule has 0 aromatic carbocycles. The number of ether oxygens (including phenoxy) is 3. The second-order valence-electron chi connectivity index (χ2n) is 13.2. The van der Waals surface area contributed by atoms with Crippen LogP contribution in [-0.4, -0.2) is 50.4 Å². The Kier molecular flexibility index (Phi) is 75.4. The summed E-state index contributed by atoms with van der Waals surface area (Å²) in [6.07, 6.45) is 25.1. The molecule has 0 heterocycles. The third-order valence-corrected chi connectivity index (χ3v) is 8.19. The van der Waals surface area contributed by atoms with Crippen molar-refractivity contribution in [2.75, 3.05) is 20.3 Å². The monoisotopic (exact) mass is 960 g/mol. The first-order valence-electron chi connectivity index (χ1n) is 21.0. The van der Waals surface area contributed by atoms with Gasteiger partial charge in [0.2, 0.25) is 0 Å². The number of rotatable bonds is 28. The van der Waals surface area contributed by atoms with Crippen molar-refractivity contribution in [2.45, 2.75) is 203 Å². The Labute approximate surface area is 355 Å². The molecule has 0 radical (unpaired) electrons. The largest absolute Gasteiger partial charge is 0.502 e. The van der Waals surface area contributed by atoms with Gasteiger partial charge in [0.15, 0.2) is 11.9 Å². The van der Waals surface area contributed by atoms with Gasteiger partial charge in [-0.25, -0.2) is 0 Å². The molecule has 3 atom stereocenters. The Bertz CT molecular complexity index is 750. The number of allylic oxidation sites excluding steroid dienone is 1. The normalized spacial score (nSPS) is 11.0. The maximum absolute atomic E-state index is 12.0. The van der Waals surface area contributed by atoms with E-state index in [1.807, 2.05) is 34.6 Å². The summed E-state index contributed by atoms with van der Waals surface area (Å²) in [6, 6.07) is 0. The van der Waals surface area contributed by atoms with Crippen LogP contribution in [0.4, 0.5) is 4.53 Å². The number of ketones is 1. The molecular weight excluding hydrogens is 871 g/mol. The zero-order valence-electron chi connectivity index (χ0n) is 37.5. The maximum atomic E-state index is 12.0. The van der Waals surface area contributed by atoms with Gasteiger partial charge in [-0.2, -0.15) is 4.94 Å². The fourth-order valence-electron chi connectivity index (χ4n) is 4.77. The molecular formula is C45H88FO8W-3. The molecule has 0 aliphatic carbocycles. The standard InChI is InChI=1S/C11H22O.C10H19FO2.2C10H19O2.C2H3O.C2H6.W/c1-4-5-6-7-8-9-10-11(2)12-3;1-5-10(13-11)8(3)6-7(2)9(4)12;2*1-3-4-5-6-7-8-9-12-10(2)11;1-2-3;1-2;/h2,4-10H2,1,3H3;7-8,10H,5-6H2,1-4H3;2*2-9H2,1H3;2H,1H2;1-2H3;/q;;3*-1;;. The van der Waals surface area contributed by atoms with Crippen LogP contribution in [-0.2, 0) is 59.4 Å². The Morgan fingerprint density at radius 3 is 1.29 bits per heavy atom. The third kappa shape index (κ3) is 73.7. The summed E-state index contributed by atoms with van der Waals surface area (Å²) >= 11 is 0. The van der Waals surface area contributed by atoms with Gasteiger partial charge in [0, 0.05) is 33.4 Å². The van der Waals surface area contributed by atoms with Crippen molar-refractivity contribution in [2.24, 2.45) is 11.8 Å². The number of aldehydes is 1. The Morgan fingerprint density at radius 2 is 1.02 bits per heavy atom. The molecule has 0 aromatic rings. The van der Waals surface area contributed by atoms with E-state index in [0.29, 0.717) is 32.3 Å². The Hall–Kier alpha value is -1.99. The van der Waals surface area contributed by atoms with Crippen LogP contribution in [0.2, 0.25) is 0 Å². The average molecular weight is 960 g/mol. The molecule has 0 amide bonds. The first-order chi connectivity index (χ1) is 25.8. The minimum atomic E-state index is -0.413. The molecule has 0 spiro atoms. The number of hydrogen-bond acceptors (Lipinski definition) is 8. The molecule has 0 aliphatic heterocycles. The van der Waals surface area contributed by atoms with E-state index in [1.54, 1.807) is 14.0 Å². The fraction of sp³-hybridized carbons (Fsp3) is 0.800. The molecule has 0 fully saturated rings. The van der Waals surface area contributed by atoms with Gasteiger partial charge < -0.3 is 25.9 Å². The van der Waals surface area contributed by atoms with Gasteiger partial charge in [0.25, 0.3) is 0 Å². The molecule has 0 aliphatic rings. The number of carbonyl (C=O) groups excluding carboxylic acids is 4. The molecule has 0 saturated heterocycles. The Balaban J connectivity index is -0.000000107. The summed E-state index contributed by atoms with van der Waals surface area (Å²) in [4.78, 5) is 44.0. The minimum Gasteiger partial charge on any atom is -0.502 e. The Morgan fingerprint density at radius 1 is 0.691 bits per heavy atom. The maximum Gasteiger partial charge on any atom is 0.164 e. The number of unbranched alkanes of at least 4 members (excludes halogenated alkanes) is 15. The van der Waals surface area contributed by atoms with Crippen molar-refractivity contribution in [1.29, 1.82) is 0 Å². The van der Waals surface area contributed by atoms with Crippen LogP contribution in [0.1, 0.15) is 197 Å². The molecule has 0 saturated carbocycles. The van der Waals surface area contributed by atoms with Gasteiger partial charge >= 0.3 is 0 Å². The van der Waals surface area contributed by atoms with Gasteiger partial charge in [0.05, 0.1) is 26.1 Å². The number of methoxy groups -OCH3 is 1.